The average Bonchev–Trinajstić information content (AvgIpc) is 2.61. The topological polar surface area (TPSA) is 63.3 Å². The summed E-state index contributed by atoms with van der Waals surface area (Å²) in [6.07, 6.45) is 0. The molecule has 0 aliphatic heterocycles. The Balaban J connectivity index is 2.69. The monoisotopic (exact) mass is 285 g/mol. The second kappa shape index (κ2) is 4.59. The van der Waals surface area contributed by atoms with Gasteiger partial charge in [-0.25, -0.2) is 9.18 Å². The number of carboxylic acids is 1. The van der Waals surface area contributed by atoms with Crippen molar-refractivity contribution in [3.63, 3.8) is 0 Å². The van der Waals surface area contributed by atoms with Crippen molar-refractivity contribution in [3.8, 4) is 10.4 Å². The molecule has 3 nitrogen and oxygen atoms in total. The van der Waals surface area contributed by atoms with E-state index in [1.54, 1.807) is 19.1 Å². The highest BCUT2D eigenvalue weighted by Crippen LogP contribution is 2.40. The first-order valence-corrected chi connectivity index (χ1v) is 6.19. The van der Waals surface area contributed by atoms with E-state index >= 15 is 0 Å². The van der Waals surface area contributed by atoms with Gasteiger partial charge in [-0.3, -0.25) is 0 Å². The van der Waals surface area contributed by atoms with Gasteiger partial charge in [0.2, 0.25) is 0 Å². The summed E-state index contributed by atoms with van der Waals surface area (Å²) >= 11 is 6.65. The molecule has 0 amide bonds. The van der Waals surface area contributed by atoms with Gasteiger partial charge in [-0.15, -0.1) is 11.3 Å². The van der Waals surface area contributed by atoms with Crippen molar-refractivity contribution in [2.24, 2.45) is 0 Å². The lowest BCUT2D eigenvalue weighted by Crippen LogP contribution is -1.97. The molecule has 0 saturated heterocycles. The lowest BCUT2D eigenvalue weighted by atomic mass is 10.1. The molecule has 1 aromatic carbocycles. The van der Waals surface area contributed by atoms with Gasteiger partial charge in [-0.2, -0.15) is 0 Å². The number of hydrogen-bond donors (Lipinski definition) is 2. The second-order valence-corrected chi connectivity index (χ2v) is 5.13. The number of benzene rings is 1. The van der Waals surface area contributed by atoms with Gasteiger partial charge in [0.25, 0.3) is 0 Å². The summed E-state index contributed by atoms with van der Waals surface area (Å²) < 4.78 is 13.9. The number of halogens is 2. The van der Waals surface area contributed by atoms with Gasteiger partial charge in [-0.05, 0) is 18.6 Å². The molecule has 3 N–H and O–H groups in total. The summed E-state index contributed by atoms with van der Waals surface area (Å²) in [5.41, 5.74) is 6.69. The van der Waals surface area contributed by atoms with E-state index in [4.69, 9.17) is 22.4 Å². The lowest BCUT2D eigenvalue weighted by Gasteiger charge is -2.03. The number of carboxylic acid groups (broad SMARTS) is 1. The van der Waals surface area contributed by atoms with Crippen molar-refractivity contribution >= 4 is 34.6 Å². The fraction of sp³-hybridized carbons (Fsp3) is 0.0833. The molecule has 0 fully saturated rings. The number of rotatable bonds is 2. The zero-order chi connectivity index (χ0) is 13.4. The highest BCUT2D eigenvalue weighted by molar-refractivity contribution is 7.18. The minimum Gasteiger partial charge on any atom is -0.477 e. The molecule has 0 saturated carbocycles. The summed E-state index contributed by atoms with van der Waals surface area (Å²) in [5, 5.41) is 8.98. The van der Waals surface area contributed by atoms with E-state index in [0.29, 0.717) is 10.4 Å². The second-order valence-electron chi connectivity index (χ2n) is 3.71. The standard InChI is InChI=1S/C12H9ClFNO2S/c1-5-9(15)11(12(16)17)18-10(5)6-3-2-4-7(13)8(6)14/h2-4H,15H2,1H3,(H,16,17). The minimum absolute atomic E-state index is 0.00394. The zero-order valence-corrected chi connectivity index (χ0v) is 10.9. The Hall–Kier alpha value is -1.59. The van der Waals surface area contributed by atoms with Crippen LogP contribution in [0.1, 0.15) is 15.2 Å². The summed E-state index contributed by atoms with van der Waals surface area (Å²) in [7, 11) is 0. The molecule has 6 heteroatoms. The van der Waals surface area contributed by atoms with E-state index in [1.165, 1.54) is 6.07 Å². The van der Waals surface area contributed by atoms with Gasteiger partial charge in [-0.1, -0.05) is 23.7 Å². The van der Waals surface area contributed by atoms with Crippen LogP contribution in [-0.2, 0) is 0 Å². The number of hydrogen-bond acceptors (Lipinski definition) is 3. The van der Waals surface area contributed by atoms with E-state index in [2.05, 4.69) is 0 Å². The van der Waals surface area contributed by atoms with Crippen LogP contribution in [0.4, 0.5) is 10.1 Å². The number of nitrogens with two attached hydrogens (primary N) is 1. The molecule has 0 aliphatic carbocycles. The van der Waals surface area contributed by atoms with Gasteiger partial charge >= 0.3 is 5.97 Å². The molecule has 2 rings (SSSR count). The SMILES string of the molecule is Cc1c(-c2cccc(Cl)c2F)sc(C(=O)O)c1N. The molecular weight excluding hydrogens is 277 g/mol. The molecule has 0 bridgehead atoms. The number of nitrogen functional groups attached to an aromatic ring is 1. The van der Waals surface area contributed by atoms with Crippen LogP contribution in [-0.4, -0.2) is 11.1 Å². The first-order chi connectivity index (χ1) is 8.43. The van der Waals surface area contributed by atoms with Gasteiger partial charge in [0.05, 0.1) is 10.7 Å². The van der Waals surface area contributed by atoms with Gasteiger partial charge < -0.3 is 10.8 Å². The van der Waals surface area contributed by atoms with E-state index < -0.39 is 11.8 Å². The molecule has 0 unspecified atom stereocenters. The average molecular weight is 286 g/mol. The van der Waals surface area contributed by atoms with Crippen LogP contribution in [0.25, 0.3) is 10.4 Å². The molecule has 18 heavy (non-hydrogen) atoms. The summed E-state index contributed by atoms with van der Waals surface area (Å²) in [6, 6.07) is 4.59. The molecule has 1 aromatic heterocycles. The van der Waals surface area contributed by atoms with Crippen LogP contribution in [0.5, 0.6) is 0 Å². The fourth-order valence-corrected chi connectivity index (χ4v) is 2.88. The van der Waals surface area contributed by atoms with Crippen molar-refractivity contribution in [3.05, 3.63) is 39.5 Å². The Morgan fingerprint density at radius 3 is 2.72 bits per heavy atom. The number of aromatic carboxylic acids is 1. The van der Waals surface area contributed by atoms with Crippen LogP contribution >= 0.6 is 22.9 Å². The first-order valence-electron chi connectivity index (χ1n) is 5.00. The highest BCUT2D eigenvalue weighted by Gasteiger charge is 2.21. The third-order valence-corrected chi connectivity index (χ3v) is 4.20. The zero-order valence-electron chi connectivity index (χ0n) is 9.33. The number of thiophene rings is 1. The molecule has 2 aromatic rings. The predicted octanol–water partition coefficient (Wildman–Crippen LogP) is 3.80. The maximum absolute atomic E-state index is 13.9. The third-order valence-electron chi connectivity index (χ3n) is 2.58. The van der Waals surface area contributed by atoms with E-state index in [1.807, 2.05) is 0 Å². The Labute approximate surface area is 112 Å². The van der Waals surface area contributed by atoms with Gasteiger partial charge in [0, 0.05) is 10.4 Å². The van der Waals surface area contributed by atoms with Gasteiger partial charge in [0.1, 0.15) is 10.7 Å². The van der Waals surface area contributed by atoms with E-state index in [0.717, 1.165) is 11.3 Å². The van der Waals surface area contributed by atoms with E-state index in [9.17, 15) is 9.18 Å². The van der Waals surface area contributed by atoms with Gasteiger partial charge in [0.15, 0.2) is 0 Å². The molecule has 0 spiro atoms. The minimum atomic E-state index is -1.12. The predicted molar refractivity (Wildman–Crippen MR) is 70.8 cm³/mol. The van der Waals surface area contributed by atoms with Crippen molar-refractivity contribution in [1.29, 1.82) is 0 Å². The van der Waals surface area contributed by atoms with Crippen LogP contribution in [0.2, 0.25) is 5.02 Å². The van der Waals surface area contributed by atoms with Crippen LogP contribution < -0.4 is 5.73 Å². The molecular formula is C12H9ClFNO2S. The van der Waals surface area contributed by atoms with Crippen LogP contribution in [0, 0.1) is 12.7 Å². The van der Waals surface area contributed by atoms with Crippen molar-refractivity contribution < 1.29 is 14.3 Å². The van der Waals surface area contributed by atoms with Crippen LogP contribution in [0.3, 0.4) is 0 Å². The number of carbonyl (C=O) groups is 1. The third kappa shape index (κ3) is 1.95. The Bertz CT molecular complexity index is 639. The van der Waals surface area contributed by atoms with E-state index in [-0.39, 0.29) is 21.2 Å². The summed E-state index contributed by atoms with van der Waals surface area (Å²) in [6.45, 7) is 1.66. The molecule has 0 atom stereocenters. The Kier molecular flexibility index (Phi) is 3.28. The molecule has 94 valence electrons. The molecule has 0 aliphatic rings. The maximum atomic E-state index is 13.9. The first kappa shape index (κ1) is 12.9. The molecule has 1 heterocycles. The Morgan fingerprint density at radius 2 is 2.17 bits per heavy atom. The maximum Gasteiger partial charge on any atom is 0.348 e. The molecule has 0 radical (unpaired) electrons. The van der Waals surface area contributed by atoms with Crippen LogP contribution in [0.15, 0.2) is 18.2 Å². The normalized spacial score (nSPS) is 10.6. The highest BCUT2D eigenvalue weighted by atomic mass is 35.5. The van der Waals surface area contributed by atoms with Crippen molar-refractivity contribution in [2.45, 2.75) is 6.92 Å². The Morgan fingerprint density at radius 1 is 1.50 bits per heavy atom. The van der Waals surface area contributed by atoms with Crippen molar-refractivity contribution in [2.75, 3.05) is 5.73 Å². The largest absolute Gasteiger partial charge is 0.477 e. The smallest absolute Gasteiger partial charge is 0.348 e. The summed E-state index contributed by atoms with van der Waals surface area (Å²) in [4.78, 5) is 11.5. The van der Waals surface area contributed by atoms with Crippen molar-refractivity contribution in [1.82, 2.24) is 0 Å². The summed E-state index contributed by atoms with van der Waals surface area (Å²) in [5.74, 6) is -1.69. The number of anilines is 1. The fourth-order valence-electron chi connectivity index (χ4n) is 1.62. The quantitative estimate of drug-likeness (QED) is 0.882. The lowest BCUT2D eigenvalue weighted by molar-refractivity contribution is 0.0703.